The van der Waals surface area contributed by atoms with E-state index in [-0.39, 0.29) is 18.0 Å². The molecule has 0 saturated heterocycles. The highest BCUT2D eigenvalue weighted by Crippen LogP contribution is 2.12. The minimum atomic E-state index is -0.171. The lowest BCUT2D eigenvalue weighted by molar-refractivity contribution is -0.123. The second-order valence-electron chi connectivity index (χ2n) is 5.23. The summed E-state index contributed by atoms with van der Waals surface area (Å²) >= 11 is 1.45. The SMILES string of the molecule is [CH2]SC[C@H](NCCCCC)C(=O)N[C@H](C)c1ccccc1. The van der Waals surface area contributed by atoms with E-state index >= 15 is 0 Å². The first-order valence-corrected chi connectivity index (χ1v) is 8.80. The molecule has 2 N–H and O–H groups in total. The molecular weight excluding hydrogens is 280 g/mol. The van der Waals surface area contributed by atoms with Crippen LogP contribution in [0.15, 0.2) is 30.3 Å². The predicted molar refractivity (Wildman–Crippen MR) is 92.1 cm³/mol. The van der Waals surface area contributed by atoms with Gasteiger partial charge in [-0.3, -0.25) is 4.79 Å². The number of thioether (sulfide) groups is 1. The standard InChI is InChI=1S/C17H27N2OS/c1-4-5-9-12-18-16(13-21-3)17(20)19-14(2)15-10-7-6-8-11-15/h6-8,10-11,14,16,18H,3-5,9,12-13H2,1-2H3,(H,19,20)/t14-,16+/m1/s1. The summed E-state index contributed by atoms with van der Waals surface area (Å²) in [6.07, 6.45) is 7.28. The van der Waals surface area contributed by atoms with Crippen LogP contribution in [0.25, 0.3) is 0 Å². The van der Waals surface area contributed by atoms with Gasteiger partial charge < -0.3 is 10.6 Å². The van der Waals surface area contributed by atoms with Crippen molar-refractivity contribution >= 4 is 17.7 Å². The molecular formula is C17H27N2OS. The maximum absolute atomic E-state index is 12.4. The van der Waals surface area contributed by atoms with Crippen molar-refractivity contribution in [2.45, 2.75) is 45.2 Å². The van der Waals surface area contributed by atoms with E-state index in [9.17, 15) is 4.79 Å². The normalized spacial score (nSPS) is 13.7. The van der Waals surface area contributed by atoms with Crippen LogP contribution in [0.4, 0.5) is 0 Å². The smallest absolute Gasteiger partial charge is 0.238 e. The van der Waals surface area contributed by atoms with Crippen LogP contribution >= 0.6 is 11.8 Å². The van der Waals surface area contributed by atoms with Crippen LogP contribution in [0.3, 0.4) is 0 Å². The molecule has 1 radical (unpaired) electrons. The fourth-order valence-electron chi connectivity index (χ4n) is 2.14. The Balaban J connectivity index is 2.48. The van der Waals surface area contributed by atoms with E-state index in [1.807, 2.05) is 37.3 Å². The molecule has 0 aliphatic carbocycles. The number of hydrogen-bond donors (Lipinski definition) is 2. The van der Waals surface area contributed by atoms with Gasteiger partial charge in [0.05, 0.1) is 12.1 Å². The summed E-state index contributed by atoms with van der Waals surface area (Å²) in [5.74, 6) is 0.749. The Morgan fingerprint density at radius 2 is 2.00 bits per heavy atom. The molecule has 0 aliphatic rings. The fraction of sp³-hybridized carbons (Fsp3) is 0.529. The van der Waals surface area contributed by atoms with E-state index in [0.29, 0.717) is 5.75 Å². The monoisotopic (exact) mass is 307 g/mol. The number of amides is 1. The van der Waals surface area contributed by atoms with Gasteiger partial charge >= 0.3 is 0 Å². The van der Waals surface area contributed by atoms with Gasteiger partial charge in [-0.2, -0.15) is 11.8 Å². The number of carbonyl (C=O) groups excluding carboxylic acids is 1. The Kier molecular flexibility index (Phi) is 9.19. The molecule has 0 saturated carbocycles. The molecule has 0 aliphatic heterocycles. The Morgan fingerprint density at radius 1 is 1.29 bits per heavy atom. The van der Waals surface area contributed by atoms with Crippen molar-refractivity contribution in [3.05, 3.63) is 42.2 Å². The molecule has 3 nitrogen and oxygen atoms in total. The van der Waals surface area contributed by atoms with E-state index in [2.05, 4.69) is 23.8 Å². The number of carbonyl (C=O) groups is 1. The highest BCUT2D eigenvalue weighted by molar-refractivity contribution is 8.00. The second kappa shape index (κ2) is 10.7. The van der Waals surface area contributed by atoms with Crippen molar-refractivity contribution in [2.24, 2.45) is 0 Å². The molecule has 0 heterocycles. The predicted octanol–water partition coefficient (Wildman–Crippen LogP) is 3.54. The zero-order valence-electron chi connectivity index (χ0n) is 13.1. The van der Waals surface area contributed by atoms with Gasteiger partial charge in [-0.15, -0.1) is 0 Å². The maximum Gasteiger partial charge on any atom is 0.238 e. The fourth-order valence-corrected chi connectivity index (χ4v) is 2.64. The molecule has 0 spiro atoms. The van der Waals surface area contributed by atoms with Gasteiger partial charge in [0, 0.05) is 12.0 Å². The van der Waals surface area contributed by atoms with Crippen molar-refractivity contribution in [1.82, 2.24) is 10.6 Å². The van der Waals surface area contributed by atoms with Gasteiger partial charge in [0.1, 0.15) is 0 Å². The van der Waals surface area contributed by atoms with E-state index < -0.39 is 0 Å². The van der Waals surface area contributed by atoms with Crippen LogP contribution in [-0.2, 0) is 4.79 Å². The Morgan fingerprint density at radius 3 is 2.62 bits per heavy atom. The highest BCUT2D eigenvalue weighted by atomic mass is 32.2. The Hall–Kier alpha value is -1.00. The van der Waals surface area contributed by atoms with Crippen LogP contribution in [-0.4, -0.2) is 24.2 Å². The summed E-state index contributed by atoms with van der Waals surface area (Å²) in [5, 5.41) is 6.42. The van der Waals surface area contributed by atoms with E-state index in [1.165, 1.54) is 24.6 Å². The van der Waals surface area contributed by atoms with Crippen LogP contribution in [0.5, 0.6) is 0 Å². The molecule has 117 valence electrons. The molecule has 21 heavy (non-hydrogen) atoms. The third kappa shape index (κ3) is 7.00. The molecule has 1 aromatic carbocycles. The van der Waals surface area contributed by atoms with Crippen LogP contribution in [0.1, 0.15) is 44.7 Å². The third-order valence-corrected chi connectivity index (χ3v) is 4.00. The largest absolute Gasteiger partial charge is 0.348 e. The van der Waals surface area contributed by atoms with Gasteiger partial charge in [-0.1, -0.05) is 50.1 Å². The molecule has 0 aromatic heterocycles. The summed E-state index contributed by atoms with van der Waals surface area (Å²) in [7, 11) is 0. The number of unbranched alkanes of at least 4 members (excludes halogenated alkanes) is 2. The topological polar surface area (TPSA) is 41.1 Å². The summed E-state index contributed by atoms with van der Waals surface area (Å²) in [4.78, 5) is 12.4. The number of benzene rings is 1. The average Bonchev–Trinajstić information content (AvgIpc) is 2.51. The molecule has 2 atom stereocenters. The van der Waals surface area contributed by atoms with E-state index in [1.54, 1.807) is 0 Å². The van der Waals surface area contributed by atoms with E-state index in [0.717, 1.165) is 18.5 Å². The minimum absolute atomic E-state index is 0.0217. The van der Waals surface area contributed by atoms with Crippen molar-refractivity contribution in [3.8, 4) is 0 Å². The lowest BCUT2D eigenvalue weighted by atomic mass is 10.1. The first-order chi connectivity index (χ1) is 10.2. The third-order valence-electron chi connectivity index (χ3n) is 3.43. The zero-order valence-corrected chi connectivity index (χ0v) is 13.9. The van der Waals surface area contributed by atoms with Crippen molar-refractivity contribution in [3.63, 3.8) is 0 Å². The quantitative estimate of drug-likeness (QED) is 0.650. The number of rotatable bonds is 10. The molecule has 0 bridgehead atoms. The van der Waals surface area contributed by atoms with Gasteiger partial charge in [0.15, 0.2) is 0 Å². The number of nitrogens with one attached hydrogen (secondary N) is 2. The van der Waals surface area contributed by atoms with Gasteiger partial charge in [0.2, 0.25) is 5.91 Å². The van der Waals surface area contributed by atoms with Crippen molar-refractivity contribution in [1.29, 1.82) is 0 Å². The highest BCUT2D eigenvalue weighted by Gasteiger charge is 2.19. The van der Waals surface area contributed by atoms with E-state index in [4.69, 9.17) is 0 Å². The summed E-state index contributed by atoms with van der Waals surface area (Å²) < 4.78 is 0. The summed E-state index contributed by atoms with van der Waals surface area (Å²) in [5.41, 5.74) is 1.12. The van der Waals surface area contributed by atoms with Gasteiger partial charge in [-0.25, -0.2) is 0 Å². The average molecular weight is 307 g/mol. The molecule has 0 unspecified atom stereocenters. The first kappa shape index (κ1) is 18.1. The zero-order chi connectivity index (χ0) is 15.5. The van der Waals surface area contributed by atoms with Crippen LogP contribution in [0.2, 0.25) is 0 Å². The number of hydrogen-bond acceptors (Lipinski definition) is 3. The molecule has 1 amide bonds. The summed E-state index contributed by atoms with van der Waals surface area (Å²) in [6, 6.07) is 9.88. The minimum Gasteiger partial charge on any atom is -0.348 e. The lowest BCUT2D eigenvalue weighted by Crippen LogP contribution is -2.46. The molecule has 1 rings (SSSR count). The maximum atomic E-state index is 12.4. The van der Waals surface area contributed by atoms with Gasteiger partial charge in [0.25, 0.3) is 0 Å². The lowest BCUT2D eigenvalue weighted by Gasteiger charge is -2.21. The van der Waals surface area contributed by atoms with Crippen molar-refractivity contribution < 1.29 is 4.79 Å². The first-order valence-electron chi connectivity index (χ1n) is 7.64. The van der Waals surface area contributed by atoms with Crippen molar-refractivity contribution in [2.75, 3.05) is 12.3 Å². The Bertz CT molecular complexity index is 397. The van der Waals surface area contributed by atoms with Crippen LogP contribution in [0, 0.1) is 6.26 Å². The molecule has 1 aromatic rings. The molecule has 0 fully saturated rings. The Labute approximate surface area is 133 Å². The van der Waals surface area contributed by atoms with Gasteiger partial charge in [-0.05, 0) is 25.5 Å². The van der Waals surface area contributed by atoms with Crippen LogP contribution < -0.4 is 10.6 Å². The molecule has 4 heteroatoms. The second-order valence-corrected chi connectivity index (χ2v) is 5.97. The summed E-state index contributed by atoms with van der Waals surface area (Å²) in [6.45, 7) is 5.07.